The molecule has 2 heterocycles. The molecule has 0 aromatic carbocycles. The fraction of sp³-hybridized carbons (Fsp3) is 0.545. The van der Waals surface area contributed by atoms with E-state index in [0.29, 0.717) is 34.4 Å². The third kappa shape index (κ3) is 2.37. The van der Waals surface area contributed by atoms with E-state index in [2.05, 4.69) is 17.6 Å². The summed E-state index contributed by atoms with van der Waals surface area (Å²) in [5.74, 6) is 1.07. The van der Waals surface area contributed by atoms with Crippen LogP contribution in [0, 0.1) is 12.8 Å². The summed E-state index contributed by atoms with van der Waals surface area (Å²) in [5, 5.41) is 0.641. The average Bonchev–Trinajstić information content (AvgIpc) is 2.81. The molecule has 1 amide bonds. The second kappa shape index (κ2) is 4.78. The Morgan fingerprint density at radius 3 is 2.82 bits per heavy atom. The number of aromatic nitrogens is 1. The standard InChI is InChI=1S/C11H14N2O2S2/c1-6-10(7(2)14)17-11(12-6)13-4-8(5-16)3-9(13)15/h8,16H,3-5H2,1-2H3. The van der Waals surface area contributed by atoms with Gasteiger partial charge >= 0.3 is 0 Å². The summed E-state index contributed by atoms with van der Waals surface area (Å²) in [6.45, 7) is 3.98. The number of ketones is 1. The maximum Gasteiger partial charge on any atom is 0.229 e. The Labute approximate surface area is 109 Å². The Morgan fingerprint density at radius 1 is 1.65 bits per heavy atom. The maximum absolute atomic E-state index is 11.8. The van der Waals surface area contributed by atoms with Crippen molar-refractivity contribution in [3.63, 3.8) is 0 Å². The first-order chi connectivity index (χ1) is 8.02. The molecule has 0 saturated carbocycles. The summed E-state index contributed by atoms with van der Waals surface area (Å²) < 4.78 is 0. The van der Waals surface area contributed by atoms with Crippen LogP contribution in [0.4, 0.5) is 5.13 Å². The molecule has 1 aromatic heterocycles. The molecule has 0 bridgehead atoms. The van der Waals surface area contributed by atoms with E-state index in [-0.39, 0.29) is 17.6 Å². The van der Waals surface area contributed by atoms with Crippen molar-refractivity contribution in [3.05, 3.63) is 10.6 Å². The number of Topliss-reactive ketones (excluding diaryl/α,β-unsaturated/α-hetero) is 1. The van der Waals surface area contributed by atoms with Gasteiger partial charge in [-0.1, -0.05) is 11.3 Å². The number of amides is 1. The van der Waals surface area contributed by atoms with Crippen LogP contribution in [0.3, 0.4) is 0 Å². The zero-order chi connectivity index (χ0) is 12.6. The Kier molecular flexibility index (Phi) is 3.53. The van der Waals surface area contributed by atoms with Crippen molar-refractivity contribution in [1.82, 2.24) is 4.98 Å². The number of anilines is 1. The molecule has 0 N–H and O–H groups in total. The van der Waals surface area contributed by atoms with Gasteiger partial charge in [0, 0.05) is 19.9 Å². The van der Waals surface area contributed by atoms with Crippen LogP contribution in [-0.2, 0) is 4.79 Å². The van der Waals surface area contributed by atoms with Crippen LogP contribution in [-0.4, -0.2) is 29.0 Å². The lowest BCUT2D eigenvalue weighted by Gasteiger charge is -2.11. The molecule has 4 nitrogen and oxygen atoms in total. The fourth-order valence-corrected chi connectivity index (χ4v) is 3.15. The number of hydrogen-bond acceptors (Lipinski definition) is 5. The van der Waals surface area contributed by atoms with E-state index in [0.717, 1.165) is 0 Å². The van der Waals surface area contributed by atoms with E-state index >= 15 is 0 Å². The number of carbonyl (C=O) groups excluding carboxylic acids is 2. The SMILES string of the molecule is CC(=O)c1sc(N2CC(CS)CC2=O)nc1C. The fourth-order valence-electron chi connectivity index (χ4n) is 1.91. The molecule has 92 valence electrons. The summed E-state index contributed by atoms with van der Waals surface area (Å²) in [6, 6.07) is 0. The van der Waals surface area contributed by atoms with Crippen LogP contribution in [0.15, 0.2) is 0 Å². The van der Waals surface area contributed by atoms with Gasteiger partial charge < -0.3 is 0 Å². The topological polar surface area (TPSA) is 50.3 Å². The molecule has 0 spiro atoms. The summed E-state index contributed by atoms with van der Waals surface area (Å²) in [7, 11) is 0. The highest BCUT2D eigenvalue weighted by atomic mass is 32.1. The molecule has 1 aliphatic heterocycles. The van der Waals surface area contributed by atoms with Gasteiger partial charge in [0.15, 0.2) is 10.9 Å². The van der Waals surface area contributed by atoms with Gasteiger partial charge in [0.2, 0.25) is 5.91 Å². The Balaban J connectivity index is 2.26. The van der Waals surface area contributed by atoms with E-state index < -0.39 is 0 Å². The van der Waals surface area contributed by atoms with Crippen LogP contribution < -0.4 is 4.90 Å². The minimum absolute atomic E-state index is 0.00337. The molecule has 0 aliphatic carbocycles. The molecule has 1 saturated heterocycles. The Bertz CT molecular complexity index is 470. The van der Waals surface area contributed by atoms with Crippen molar-refractivity contribution >= 4 is 40.8 Å². The highest BCUT2D eigenvalue weighted by Crippen LogP contribution is 2.31. The number of aryl methyl sites for hydroxylation is 1. The van der Waals surface area contributed by atoms with E-state index in [1.165, 1.54) is 18.3 Å². The number of thiazole rings is 1. The van der Waals surface area contributed by atoms with Crippen LogP contribution in [0.1, 0.15) is 28.7 Å². The summed E-state index contributed by atoms with van der Waals surface area (Å²) in [6.07, 6.45) is 0.525. The predicted molar refractivity (Wildman–Crippen MR) is 71.2 cm³/mol. The van der Waals surface area contributed by atoms with E-state index in [1.54, 1.807) is 11.8 Å². The molecule has 0 radical (unpaired) electrons. The first kappa shape index (κ1) is 12.6. The van der Waals surface area contributed by atoms with Crippen molar-refractivity contribution in [3.8, 4) is 0 Å². The first-order valence-corrected chi connectivity index (χ1v) is 6.87. The number of rotatable bonds is 3. The minimum atomic E-state index is 0.00337. The number of nitrogens with zero attached hydrogens (tertiary/aromatic N) is 2. The zero-order valence-electron chi connectivity index (χ0n) is 9.77. The van der Waals surface area contributed by atoms with E-state index in [4.69, 9.17) is 0 Å². The first-order valence-electron chi connectivity index (χ1n) is 5.42. The average molecular weight is 270 g/mol. The van der Waals surface area contributed by atoms with Crippen LogP contribution in [0.2, 0.25) is 0 Å². The lowest BCUT2D eigenvalue weighted by molar-refractivity contribution is -0.117. The highest BCUT2D eigenvalue weighted by Gasteiger charge is 2.32. The van der Waals surface area contributed by atoms with Gasteiger partial charge in [0.05, 0.1) is 10.6 Å². The van der Waals surface area contributed by atoms with Gasteiger partial charge in [-0.25, -0.2) is 4.98 Å². The van der Waals surface area contributed by atoms with Crippen molar-refractivity contribution < 1.29 is 9.59 Å². The molecule has 1 atom stereocenters. The van der Waals surface area contributed by atoms with Crippen molar-refractivity contribution in [2.75, 3.05) is 17.2 Å². The van der Waals surface area contributed by atoms with Gasteiger partial charge in [-0.3, -0.25) is 14.5 Å². The normalized spacial score (nSPS) is 20.1. The zero-order valence-corrected chi connectivity index (χ0v) is 11.5. The van der Waals surface area contributed by atoms with Crippen molar-refractivity contribution in [2.24, 2.45) is 5.92 Å². The molecule has 1 fully saturated rings. The minimum Gasteiger partial charge on any atom is -0.294 e. The Morgan fingerprint density at radius 2 is 2.35 bits per heavy atom. The smallest absolute Gasteiger partial charge is 0.229 e. The third-order valence-corrected chi connectivity index (χ3v) is 4.60. The molecular weight excluding hydrogens is 256 g/mol. The van der Waals surface area contributed by atoms with E-state index in [9.17, 15) is 9.59 Å². The summed E-state index contributed by atoms with van der Waals surface area (Å²) in [4.78, 5) is 29.8. The van der Waals surface area contributed by atoms with Crippen LogP contribution in [0.5, 0.6) is 0 Å². The second-order valence-corrected chi connectivity index (χ2v) is 5.57. The quantitative estimate of drug-likeness (QED) is 0.674. The molecule has 2 rings (SSSR count). The lowest BCUT2D eigenvalue weighted by atomic mass is 10.1. The number of thiol groups is 1. The van der Waals surface area contributed by atoms with Gasteiger partial charge in [-0.05, 0) is 18.6 Å². The van der Waals surface area contributed by atoms with Crippen LogP contribution in [0.25, 0.3) is 0 Å². The third-order valence-electron chi connectivity index (χ3n) is 2.80. The molecular formula is C11H14N2O2S2. The highest BCUT2D eigenvalue weighted by molar-refractivity contribution is 7.80. The van der Waals surface area contributed by atoms with Gasteiger partial charge in [0.25, 0.3) is 0 Å². The monoisotopic (exact) mass is 270 g/mol. The molecule has 6 heteroatoms. The maximum atomic E-state index is 11.8. The summed E-state index contributed by atoms with van der Waals surface area (Å²) >= 11 is 5.52. The predicted octanol–water partition coefficient (Wildman–Crippen LogP) is 1.94. The number of carbonyl (C=O) groups is 2. The largest absolute Gasteiger partial charge is 0.294 e. The van der Waals surface area contributed by atoms with Gasteiger partial charge in [-0.2, -0.15) is 12.6 Å². The molecule has 17 heavy (non-hydrogen) atoms. The molecule has 1 unspecified atom stereocenters. The van der Waals surface area contributed by atoms with Gasteiger partial charge in [-0.15, -0.1) is 0 Å². The Hall–Kier alpha value is -0.880. The number of hydrogen-bond donors (Lipinski definition) is 1. The van der Waals surface area contributed by atoms with Gasteiger partial charge in [0.1, 0.15) is 0 Å². The summed E-state index contributed by atoms with van der Waals surface area (Å²) in [5.41, 5.74) is 0.708. The van der Waals surface area contributed by atoms with Crippen molar-refractivity contribution in [2.45, 2.75) is 20.3 Å². The van der Waals surface area contributed by atoms with Crippen molar-refractivity contribution in [1.29, 1.82) is 0 Å². The second-order valence-electron chi connectivity index (χ2n) is 4.22. The molecule has 1 aliphatic rings. The van der Waals surface area contributed by atoms with E-state index in [1.807, 2.05) is 0 Å². The molecule has 1 aromatic rings. The lowest BCUT2D eigenvalue weighted by Crippen LogP contribution is -2.24. The van der Waals surface area contributed by atoms with Crippen LogP contribution >= 0.6 is 24.0 Å².